The van der Waals surface area contributed by atoms with Crippen LogP contribution in [0.1, 0.15) is 5.69 Å². The number of hydrogen-bond donors (Lipinski definition) is 0. The van der Waals surface area contributed by atoms with Gasteiger partial charge in [-0.05, 0) is 30.6 Å². The molecule has 0 spiro atoms. The third-order valence-corrected chi connectivity index (χ3v) is 3.24. The van der Waals surface area contributed by atoms with Crippen LogP contribution in [0.25, 0.3) is 10.2 Å². The van der Waals surface area contributed by atoms with Gasteiger partial charge in [0.2, 0.25) is 4.77 Å². The molecule has 2 heterocycles. The van der Waals surface area contributed by atoms with Crippen molar-refractivity contribution in [1.82, 2.24) is 9.55 Å². The molecule has 0 aliphatic rings. The van der Waals surface area contributed by atoms with Gasteiger partial charge in [0.25, 0.3) is 0 Å². The highest BCUT2D eigenvalue weighted by atomic mass is 32.1. The van der Waals surface area contributed by atoms with Gasteiger partial charge in [-0.2, -0.15) is 0 Å². The van der Waals surface area contributed by atoms with E-state index in [0.29, 0.717) is 4.77 Å². The summed E-state index contributed by atoms with van der Waals surface area (Å²) in [6.45, 7) is 1.99. The summed E-state index contributed by atoms with van der Waals surface area (Å²) >= 11 is 6.79. The molecule has 62 valence electrons. The third-order valence-electron chi connectivity index (χ3n) is 1.89. The molecule has 0 aliphatic carbocycles. The maximum absolute atomic E-state index is 5.09. The maximum Gasteiger partial charge on any atom is 0.200 e. The zero-order chi connectivity index (χ0) is 8.72. The first-order valence-corrected chi connectivity index (χ1v) is 4.90. The first kappa shape index (κ1) is 7.89. The van der Waals surface area contributed by atoms with Gasteiger partial charge in [0.05, 0.1) is 5.69 Å². The molecule has 0 saturated heterocycles. The minimum absolute atomic E-state index is 0.655. The fourth-order valence-corrected chi connectivity index (χ4v) is 2.41. The SMILES string of the molecule is Cc1nc(=S)n(C)c2sccc12. The summed E-state index contributed by atoms with van der Waals surface area (Å²) in [5.41, 5.74) is 1.02. The van der Waals surface area contributed by atoms with Crippen molar-refractivity contribution >= 4 is 33.8 Å². The molecule has 0 fully saturated rings. The lowest BCUT2D eigenvalue weighted by Gasteiger charge is -2.01. The van der Waals surface area contributed by atoms with E-state index >= 15 is 0 Å². The average Bonchev–Trinajstić information content (AvgIpc) is 2.48. The lowest BCUT2D eigenvalue weighted by Crippen LogP contribution is -1.96. The summed E-state index contributed by atoms with van der Waals surface area (Å²) in [4.78, 5) is 5.46. The predicted octanol–water partition coefficient (Wildman–Crippen LogP) is 2.67. The second-order valence-electron chi connectivity index (χ2n) is 2.68. The van der Waals surface area contributed by atoms with Crippen molar-refractivity contribution in [2.45, 2.75) is 6.92 Å². The molecule has 0 atom stereocenters. The molecule has 2 aromatic rings. The van der Waals surface area contributed by atoms with E-state index < -0.39 is 0 Å². The second kappa shape index (κ2) is 2.64. The van der Waals surface area contributed by atoms with Crippen molar-refractivity contribution < 1.29 is 0 Å². The Labute approximate surface area is 79.5 Å². The zero-order valence-corrected chi connectivity index (χ0v) is 8.50. The molecule has 0 N–H and O–H groups in total. The Hall–Kier alpha value is -0.740. The number of fused-ring (bicyclic) bond motifs is 1. The van der Waals surface area contributed by atoms with Crippen molar-refractivity contribution in [3.05, 3.63) is 21.9 Å². The van der Waals surface area contributed by atoms with E-state index in [1.165, 1.54) is 10.2 Å². The van der Waals surface area contributed by atoms with Gasteiger partial charge in [-0.3, -0.25) is 0 Å². The van der Waals surface area contributed by atoms with Crippen molar-refractivity contribution in [2.75, 3.05) is 0 Å². The number of nitrogens with zero attached hydrogens (tertiary/aromatic N) is 2. The molecule has 2 rings (SSSR count). The van der Waals surface area contributed by atoms with Crippen LogP contribution < -0.4 is 0 Å². The van der Waals surface area contributed by atoms with Gasteiger partial charge in [0.15, 0.2) is 0 Å². The van der Waals surface area contributed by atoms with Gasteiger partial charge in [-0.25, -0.2) is 4.98 Å². The van der Waals surface area contributed by atoms with Crippen LogP contribution in [-0.4, -0.2) is 9.55 Å². The standard InChI is InChI=1S/C8H8N2S2/c1-5-6-3-4-12-7(6)10(2)8(11)9-5/h3-4H,1-2H3. The molecule has 2 aromatic heterocycles. The van der Waals surface area contributed by atoms with Crippen molar-refractivity contribution in [2.24, 2.45) is 7.05 Å². The van der Waals surface area contributed by atoms with Crippen LogP contribution in [0.5, 0.6) is 0 Å². The van der Waals surface area contributed by atoms with Crippen LogP contribution in [0.3, 0.4) is 0 Å². The molecule has 0 amide bonds. The molecule has 0 saturated carbocycles. The van der Waals surface area contributed by atoms with Gasteiger partial charge >= 0.3 is 0 Å². The molecule has 0 radical (unpaired) electrons. The van der Waals surface area contributed by atoms with E-state index in [0.717, 1.165) is 5.69 Å². The monoisotopic (exact) mass is 196 g/mol. The summed E-state index contributed by atoms with van der Waals surface area (Å²) in [6, 6.07) is 2.08. The van der Waals surface area contributed by atoms with E-state index in [4.69, 9.17) is 12.2 Å². The second-order valence-corrected chi connectivity index (χ2v) is 3.94. The highest BCUT2D eigenvalue weighted by Gasteiger charge is 2.02. The smallest absolute Gasteiger partial charge is 0.200 e. The predicted molar refractivity (Wildman–Crippen MR) is 54.2 cm³/mol. The first-order valence-electron chi connectivity index (χ1n) is 3.61. The lowest BCUT2D eigenvalue weighted by molar-refractivity contribution is 0.886. The Morgan fingerprint density at radius 2 is 2.33 bits per heavy atom. The van der Waals surface area contributed by atoms with E-state index in [-0.39, 0.29) is 0 Å². The Morgan fingerprint density at radius 3 is 3.08 bits per heavy atom. The van der Waals surface area contributed by atoms with E-state index in [1.54, 1.807) is 11.3 Å². The summed E-state index contributed by atoms with van der Waals surface area (Å²) < 4.78 is 2.60. The van der Waals surface area contributed by atoms with Crippen LogP contribution in [0.2, 0.25) is 0 Å². The molecule has 4 heteroatoms. The summed E-state index contributed by atoms with van der Waals surface area (Å²) in [5.74, 6) is 0. The quantitative estimate of drug-likeness (QED) is 0.603. The van der Waals surface area contributed by atoms with Crippen molar-refractivity contribution in [3.8, 4) is 0 Å². The highest BCUT2D eigenvalue weighted by Crippen LogP contribution is 2.21. The van der Waals surface area contributed by atoms with Gasteiger partial charge in [0.1, 0.15) is 4.83 Å². The van der Waals surface area contributed by atoms with Crippen LogP contribution in [0.4, 0.5) is 0 Å². The van der Waals surface area contributed by atoms with Crippen LogP contribution in [0.15, 0.2) is 11.4 Å². The normalized spacial score (nSPS) is 10.8. The Kier molecular flexibility index (Phi) is 1.73. The van der Waals surface area contributed by atoms with E-state index in [9.17, 15) is 0 Å². The Morgan fingerprint density at radius 1 is 1.58 bits per heavy atom. The average molecular weight is 196 g/mol. The minimum Gasteiger partial charge on any atom is -0.311 e. The van der Waals surface area contributed by atoms with Gasteiger partial charge in [-0.15, -0.1) is 11.3 Å². The minimum atomic E-state index is 0.655. The number of rotatable bonds is 0. The zero-order valence-electron chi connectivity index (χ0n) is 6.87. The molecule has 0 aliphatic heterocycles. The van der Waals surface area contributed by atoms with Gasteiger partial charge in [-0.1, -0.05) is 0 Å². The number of hydrogen-bond acceptors (Lipinski definition) is 3. The largest absolute Gasteiger partial charge is 0.311 e. The topological polar surface area (TPSA) is 17.8 Å². The number of aryl methyl sites for hydroxylation is 2. The lowest BCUT2D eigenvalue weighted by atomic mass is 10.3. The molecule has 0 unspecified atom stereocenters. The summed E-state index contributed by atoms with van der Waals surface area (Å²) in [7, 11) is 1.95. The van der Waals surface area contributed by atoms with Crippen molar-refractivity contribution in [3.63, 3.8) is 0 Å². The van der Waals surface area contributed by atoms with Crippen molar-refractivity contribution in [1.29, 1.82) is 0 Å². The molecule has 0 aromatic carbocycles. The summed E-state index contributed by atoms with van der Waals surface area (Å²) in [6.07, 6.45) is 0. The van der Waals surface area contributed by atoms with Crippen LogP contribution in [0, 0.1) is 11.7 Å². The van der Waals surface area contributed by atoms with Gasteiger partial charge < -0.3 is 4.57 Å². The van der Waals surface area contributed by atoms with Crippen LogP contribution >= 0.6 is 23.6 Å². The van der Waals surface area contributed by atoms with Gasteiger partial charge in [0, 0.05) is 12.4 Å². The highest BCUT2D eigenvalue weighted by molar-refractivity contribution is 7.71. The molecule has 0 bridgehead atoms. The maximum atomic E-state index is 5.09. The Balaban J connectivity index is 3.07. The Bertz CT molecular complexity index is 481. The summed E-state index contributed by atoms with van der Waals surface area (Å²) in [5, 5.41) is 3.27. The number of aromatic nitrogens is 2. The molecule has 2 nitrogen and oxygen atoms in total. The molecular formula is C8H8N2S2. The molecular weight excluding hydrogens is 188 g/mol. The third kappa shape index (κ3) is 0.990. The molecule has 12 heavy (non-hydrogen) atoms. The fourth-order valence-electron chi connectivity index (χ4n) is 1.20. The fraction of sp³-hybridized carbons (Fsp3) is 0.250. The van der Waals surface area contributed by atoms with E-state index in [1.807, 2.05) is 18.5 Å². The van der Waals surface area contributed by atoms with E-state index in [2.05, 4.69) is 16.4 Å². The first-order chi connectivity index (χ1) is 5.70. The number of thiophene rings is 1. The van der Waals surface area contributed by atoms with Crippen LogP contribution in [-0.2, 0) is 7.05 Å².